The van der Waals surface area contributed by atoms with Crippen LogP contribution in [0.4, 0.5) is 0 Å². The van der Waals surface area contributed by atoms with Crippen LogP contribution >= 0.6 is 0 Å². The molecule has 8 fully saturated rings. The van der Waals surface area contributed by atoms with Gasteiger partial charge < -0.3 is 114 Å². The van der Waals surface area contributed by atoms with Crippen LogP contribution < -0.4 is 0 Å². The number of carbonyl (C=O) groups excluding carboxylic acids is 1. The van der Waals surface area contributed by atoms with Crippen molar-refractivity contribution in [3.05, 3.63) is 23.3 Å². The second kappa shape index (κ2) is 23.6. The number of ether oxygens (including phenoxy) is 8. The van der Waals surface area contributed by atoms with Gasteiger partial charge in [0.25, 0.3) is 0 Å². The minimum Gasteiger partial charge on any atom is -0.479 e. The lowest BCUT2D eigenvalue weighted by molar-refractivity contribution is -0.401. The zero-order valence-electron chi connectivity index (χ0n) is 48.7. The number of allylic oxidation sites excluding steroid dienone is 3. The summed E-state index contributed by atoms with van der Waals surface area (Å²) in [5.41, 5.74) is -3.18. The number of hydrogen-bond donors (Lipinski definition) is 15. The van der Waals surface area contributed by atoms with Gasteiger partial charge >= 0.3 is 5.97 Å². The minimum absolute atomic E-state index is 0.106. The average Bonchev–Trinajstić information content (AvgIpc) is 0.829. The standard InChI is InChI=1S/C58H92O25/c1-10-23(2)33(63)26-18-53(3,4)17-25-24-11-12-31-55(7)15-14-32(54(5,6)30(55)13-16-56(31,8)57(24,9)46(72)47(73)58(25,26)22-61)79-52-45(83-50-40(70)38(68)36(66)29(20-60)78-50)42(41(71)43(81-52)48(74)75)80-51-44(34(64)27(62)21-76-51)82-49-39(69)37(67)35(65)28(19-59)77-49/h10-11,25-32,34-47,49-52,59-62,64-73H,12-22H2,1-9H3,(H,74,75). The maximum atomic E-state index is 14.3. The van der Waals surface area contributed by atoms with Crippen LogP contribution in [0.25, 0.3) is 0 Å². The van der Waals surface area contributed by atoms with Crippen LogP contribution in [-0.2, 0) is 47.5 Å². The summed E-state index contributed by atoms with van der Waals surface area (Å²) in [4.78, 5) is 27.5. The van der Waals surface area contributed by atoms with Gasteiger partial charge in [-0.15, -0.1) is 0 Å². The maximum absolute atomic E-state index is 14.3. The van der Waals surface area contributed by atoms with E-state index >= 15 is 0 Å². The van der Waals surface area contributed by atoms with Gasteiger partial charge in [-0.2, -0.15) is 0 Å². The number of aliphatic hydroxyl groups is 14. The highest BCUT2D eigenvalue weighted by Crippen LogP contribution is 2.76. The Balaban J connectivity index is 1.05. The molecule has 5 aliphatic carbocycles. The largest absolute Gasteiger partial charge is 0.479 e. The van der Waals surface area contributed by atoms with Crippen molar-refractivity contribution >= 4 is 11.8 Å². The number of hydrogen-bond acceptors (Lipinski definition) is 24. The molecule has 15 N–H and O–H groups in total. The van der Waals surface area contributed by atoms with Crippen LogP contribution in [0.3, 0.4) is 0 Å². The second-order valence-electron chi connectivity index (χ2n) is 27.5. The summed E-state index contributed by atoms with van der Waals surface area (Å²) in [7, 11) is 0. The minimum atomic E-state index is -2.24. The van der Waals surface area contributed by atoms with E-state index in [1.807, 2.05) is 20.8 Å². The second-order valence-corrected chi connectivity index (χ2v) is 27.5. The fourth-order valence-corrected chi connectivity index (χ4v) is 17.5. The van der Waals surface area contributed by atoms with E-state index < -0.39 is 206 Å². The lowest BCUT2D eigenvalue weighted by Crippen LogP contribution is -2.73. The predicted molar refractivity (Wildman–Crippen MR) is 283 cm³/mol. The Morgan fingerprint density at radius 1 is 0.639 bits per heavy atom. The molecular formula is C58H92O25. The fourth-order valence-electron chi connectivity index (χ4n) is 17.5. The summed E-state index contributed by atoms with van der Waals surface area (Å²) in [6.07, 6.45) is -32.5. The van der Waals surface area contributed by atoms with E-state index in [0.29, 0.717) is 50.5 Å². The zero-order chi connectivity index (χ0) is 61.2. The molecule has 0 aromatic heterocycles. The zero-order valence-corrected chi connectivity index (χ0v) is 48.7. The van der Waals surface area contributed by atoms with Gasteiger partial charge in [0.15, 0.2) is 37.0 Å². The lowest BCUT2D eigenvalue weighted by Gasteiger charge is -2.73. The van der Waals surface area contributed by atoms with Crippen LogP contribution in [-0.4, -0.2) is 250 Å². The number of ketones is 1. The summed E-state index contributed by atoms with van der Waals surface area (Å²) in [6, 6.07) is 0. The van der Waals surface area contributed by atoms with Gasteiger partial charge in [0.1, 0.15) is 85.5 Å². The van der Waals surface area contributed by atoms with Gasteiger partial charge in [0.05, 0.1) is 44.7 Å². The monoisotopic (exact) mass is 1190 g/mol. The van der Waals surface area contributed by atoms with Crippen molar-refractivity contribution in [2.24, 2.45) is 56.2 Å². The van der Waals surface area contributed by atoms with Crippen molar-refractivity contribution in [1.82, 2.24) is 0 Å². The highest BCUT2D eigenvalue weighted by molar-refractivity contribution is 5.97. The summed E-state index contributed by atoms with van der Waals surface area (Å²) in [5.74, 6) is -3.31. The molecule has 83 heavy (non-hydrogen) atoms. The summed E-state index contributed by atoms with van der Waals surface area (Å²) >= 11 is 0. The smallest absolute Gasteiger partial charge is 0.335 e. The van der Waals surface area contributed by atoms with Gasteiger partial charge in [-0.05, 0) is 104 Å². The topological polar surface area (TPSA) is 411 Å². The Morgan fingerprint density at radius 3 is 1.77 bits per heavy atom. The summed E-state index contributed by atoms with van der Waals surface area (Å²) in [6.45, 7) is 15.3. The summed E-state index contributed by atoms with van der Waals surface area (Å²) < 4.78 is 48.7. The van der Waals surface area contributed by atoms with Crippen molar-refractivity contribution < 1.29 is 124 Å². The highest BCUT2D eigenvalue weighted by Gasteiger charge is 2.75. The molecule has 4 saturated carbocycles. The molecule has 4 saturated heterocycles. The molecule has 30 unspecified atom stereocenters. The molecule has 0 spiro atoms. The normalized spacial score (nSPS) is 52.5. The highest BCUT2D eigenvalue weighted by atomic mass is 16.8. The van der Waals surface area contributed by atoms with Gasteiger partial charge in [-0.25, -0.2) is 4.79 Å². The summed E-state index contributed by atoms with van der Waals surface area (Å²) in [5, 5.41) is 167. The first-order valence-corrected chi connectivity index (χ1v) is 29.4. The Bertz CT molecular complexity index is 2400. The van der Waals surface area contributed by atoms with E-state index in [4.69, 9.17) is 37.9 Å². The number of fused-ring (bicyclic) bond motifs is 7. The Labute approximate surface area is 482 Å². The van der Waals surface area contributed by atoms with Crippen LogP contribution in [0.15, 0.2) is 23.3 Å². The van der Waals surface area contributed by atoms with Crippen molar-refractivity contribution in [3.63, 3.8) is 0 Å². The van der Waals surface area contributed by atoms with Gasteiger partial charge in [0, 0.05) is 16.7 Å². The van der Waals surface area contributed by atoms with E-state index in [0.717, 1.165) is 5.57 Å². The first-order chi connectivity index (χ1) is 38.8. The molecule has 0 aromatic rings. The lowest BCUT2D eigenvalue weighted by atomic mass is 9.32. The Morgan fingerprint density at radius 2 is 1.22 bits per heavy atom. The molecular weight excluding hydrogens is 1100 g/mol. The van der Waals surface area contributed by atoms with E-state index in [1.165, 1.54) is 0 Å². The predicted octanol–water partition coefficient (Wildman–Crippen LogP) is -2.13. The first kappa shape index (κ1) is 65.2. The van der Waals surface area contributed by atoms with Crippen molar-refractivity contribution in [3.8, 4) is 0 Å². The molecule has 30 atom stereocenters. The molecule has 0 radical (unpaired) electrons. The van der Waals surface area contributed by atoms with Crippen LogP contribution in [0, 0.1) is 56.2 Å². The third-order valence-corrected chi connectivity index (χ3v) is 22.4. The molecule has 9 rings (SSSR count). The van der Waals surface area contributed by atoms with Gasteiger partial charge in [-0.1, -0.05) is 66.2 Å². The van der Waals surface area contributed by atoms with E-state index in [9.17, 15) is 86.2 Å². The molecule has 25 nitrogen and oxygen atoms in total. The first-order valence-electron chi connectivity index (χ1n) is 29.4. The average molecular weight is 1190 g/mol. The molecule has 4 heterocycles. The Hall–Kier alpha value is -2.26. The van der Waals surface area contributed by atoms with E-state index in [1.54, 1.807) is 19.9 Å². The van der Waals surface area contributed by atoms with Crippen LogP contribution in [0.1, 0.15) is 107 Å². The molecule has 0 bridgehead atoms. The van der Waals surface area contributed by atoms with Gasteiger partial charge in [-0.3, -0.25) is 4.79 Å². The molecule has 0 amide bonds. The maximum Gasteiger partial charge on any atom is 0.335 e. The van der Waals surface area contributed by atoms with Crippen molar-refractivity contribution in [2.45, 2.75) is 242 Å². The quantitative estimate of drug-likeness (QED) is 0.0502. The van der Waals surface area contributed by atoms with E-state index in [2.05, 4.69) is 33.8 Å². The number of carboxylic acids is 1. The number of aliphatic carboxylic acids is 1. The fraction of sp³-hybridized carbons (Fsp3) is 0.897. The van der Waals surface area contributed by atoms with Crippen LogP contribution in [0.5, 0.6) is 0 Å². The third-order valence-electron chi connectivity index (χ3n) is 22.4. The molecule has 9 aliphatic rings. The van der Waals surface area contributed by atoms with Crippen molar-refractivity contribution in [2.75, 3.05) is 26.4 Å². The van der Waals surface area contributed by atoms with E-state index in [-0.39, 0.29) is 23.0 Å². The third kappa shape index (κ3) is 10.4. The molecule has 474 valence electrons. The molecule has 4 aliphatic heterocycles. The Kier molecular flexibility index (Phi) is 18.5. The van der Waals surface area contributed by atoms with Crippen LogP contribution in [0.2, 0.25) is 0 Å². The molecule has 25 heteroatoms. The number of carboxylic acid groups (broad SMARTS) is 1. The number of carbonyl (C=O) groups is 2. The van der Waals surface area contributed by atoms with Crippen molar-refractivity contribution in [1.29, 1.82) is 0 Å². The number of rotatable bonds is 14. The molecule has 0 aromatic carbocycles. The number of aliphatic hydroxyl groups excluding tert-OH is 14. The number of Topliss-reactive ketones (excluding diaryl/α,β-unsaturated/α-hetero) is 1. The SMILES string of the molecule is CC=C(C)C(=O)C1CC(C)(C)CC2C3=CCC4C5(C)CCC(OC6OC(C(=O)O)C(O)C(OC7OCC(O)C(O)C7OC7OC(CO)C(O)C(O)C7O)C6OC6OC(CO)C(O)C(O)C6O)C(C)(C)C5CCC4(C)C3(C)C(O)C(O)C12CO. The van der Waals surface area contributed by atoms with Gasteiger partial charge in [0.2, 0.25) is 0 Å².